The molecule has 0 bridgehead atoms. The number of alkyl halides is 6. The lowest BCUT2D eigenvalue weighted by Gasteiger charge is -2.22. The van der Waals surface area contributed by atoms with Crippen LogP contribution in [0.1, 0.15) is 5.56 Å². The first kappa shape index (κ1) is 22.3. The molecule has 12 heteroatoms. The minimum absolute atomic E-state index is 0.0249. The molecule has 1 aliphatic heterocycles. The normalized spacial score (nSPS) is 15.0. The van der Waals surface area contributed by atoms with Crippen molar-refractivity contribution >= 4 is 35.0 Å². The van der Waals surface area contributed by atoms with Crippen molar-refractivity contribution in [3.63, 3.8) is 0 Å². The lowest BCUT2D eigenvalue weighted by Crippen LogP contribution is -2.26. The van der Waals surface area contributed by atoms with Crippen LogP contribution in [0.4, 0.5) is 32.0 Å². The van der Waals surface area contributed by atoms with Gasteiger partial charge in [-0.1, -0.05) is 29.8 Å². The molecule has 1 aromatic heterocycles. The molecule has 160 valence electrons. The molecule has 1 N–H and O–H groups in total. The molecule has 0 aliphatic carbocycles. The number of hydrogen-bond donors (Lipinski definition) is 1. The Morgan fingerprint density at radius 3 is 2.47 bits per heavy atom. The number of anilines is 1. The molecule has 2 aromatic rings. The highest BCUT2D eigenvalue weighted by Gasteiger charge is 2.42. The first-order valence-electron chi connectivity index (χ1n) is 8.19. The van der Waals surface area contributed by atoms with E-state index < -0.39 is 34.5 Å². The third kappa shape index (κ3) is 4.84. The van der Waals surface area contributed by atoms with E-state index >= 15 is 0 Å². The van der Waals surface area contributed by atoms with E-state index in [9.17, 15) is 31.1 Å². The van der Waals surface area contributed by atoms with Gasteiger partial charge in [-0.15, -0.1) is 11.8 Å². The zero-order valence-corrected chi connectivity index (χ0v) is 16.3. The van der Waals surface area contributed by atoms with E-state index in [0.29, 0.717) is 24.0 Å². The van der Waals surface area contributed by atoms with Crippen LogP contribution in [0.5, 0.6) is 0 Å². The maximum atomic E-state index is 13.1. The van der Waals surface area contributed by atoms with Crippen LogP contribution in [0, 0.1) is 0 Å². The molecule has 4 nitrogen and oxygen atoms in total. The first-order valence-corrected chi connectivity index (χ1v) is 9.55. The Bertz CT molecular complexity index is 1010. The molecule has 0 unspecified atom stereocenters. The summed E-state index contributed by atoms with van der Waals surface area (Å²) in [6, 6.07) is 6.46. The van der Waals surface area contributed by atoms with Crippen molar-refractivity contribution in [3.8, 4) is 11.3 Å². The summed E-state index contributed by atoms with van der Waals surface area (Å²) in [4.78, 5) is 15.6. The number of nitrogens with zero attached hydrogens (tertiary/aromatic N) is 1. The van der Waals surface area contributed by atoms with E-state index in [1.54, 1.807) is 0 Å². The molecule has 0 radical (unpaired) electrons. The standard InChI is InChI=1S/C18H11ClF6N2O2S/c19-11-7-9(17(20,21)22)8-26-13(11)10-3-1-2-4-12(10)27-16(28)14-15(18(23,24)25)29-5-6-30-14/h1-4,7-8H,5-6H2,(H,27,28). The largest absolute Gasteiger partial charge is 0.487 e. The van der Waals surface area contributed by atoms with Crippen molar-refractivity contribution in [1.82, 2.24) is 4.98 Å². The molecule has 0 fully saturated rings. The molecular formula is C18H11ClF6N2O2S. The minimum atomic E-state index is -4.85. The Kier molecular flexibility index (Phi) is 6.23. The van der Waals surface area contributed by atoms with Crippen molar-refractivity contribution in [3.05, 3.63) is 57.8 Å². The zero-order valence-electron chi connectivity index (χ0n) is 14.7. The summed E-state index contributed by atoms with van der Waals surface area (Å²) >= 11 is 6.64. The Balaban J connectivity index is 1.97. The number of thioether (sulfide) groups is 1. The maximum absolute atomic E-state index is 13.1. The van der Waals surface area contributed by atoms with Crippen molar-refractivity contribution in [2.24, 2.45) is 0 Å². The quantitative estimate of drug-likeness (QED) is 0.570. The van der Waals surface area contributed by atoms with Gasteiger partial charge in [-0.2, -0.15) is 26.3 Å². The number of nitrogens with one attached hydrogen (secondary N) is 1. The van der Waals surface area contributed by atoms with E-state index in [-0.39, 0.29) is 34.3 Å². The molecule has 3 rings (SSSR count). The summed E-state index contributed by atoms with van der Waals surface area (Å²) in [6.45, 7) is -0.196. The van der Waals surface area contributed by atoms with Crippen molar-refractivity contribution < 1.29 is 35.9 Å². The molecule has 1 aromatic carbocycles. The summed E-state index contributed by atoms with van der Waals surface area (Å²) in [5.74, 6) is -2.31. The Morgan fingerprint density at radius 1 is 1.13 bits per heavy atom. The number of ether oxygens (including phenoxy) is 1. The van der Waals surface area contributed by atoms with E-state index in [4.69, 9.17) is 11.6 Å². The van der Waals surface area contributed by atoms with Gasteiger partial charge in [-0.25, -0.2) is 0 Å². The van der Waals surface area contributed by atoms with Crippen LogP contribution in [0.25, 0.3) is 11.3 Å². The monoisotopic (exact) mass is 468 g/mol. The average Bonchev–Trinajstić information content (AvgIpc) is 2.67. The van der Waals surface area contributed by atoms with E-state index in [1.165, 1.54) is 24.3 Å². The van der Waals surface area contributed by atoms with Crippen LogP contribution in [0.3, 0.4) is 0 Å². The number of allylic oxidation sites excluding steroid dienone is 1. The fourth-order valence-corrected chi connectivity index (χ4v) is 3.69. The van der Waals surface area contributed by atoms with Gasteiger partial charge in [0.15, 0.2) is 0 Å². The number of carbonyl (C=O) groups is 1. The highest BCUT2D eigenvalue weighted by atomic mass is 35.5. The Hall–Kier alpha value is -2.40. The van der Waals surface area contributed by atoms with Gasteiger partial charge in [0.2, 0.25) is 5.76 Å². The molecule has 30 heavy (non-hydrogen) atoms. The van der Waals surface area contributed by atoms with Gasteiger partial charge in [-0.05, 0) is 12.1 Å². The summed E-state index contributed by atoms with van der Waals surface area (Å²) in [5.41, 5.74) is -0.969. The number of pyridine rings is 1. The van der Waals surface area contributed by atoms with Crippen LogP contribution >= 0.6 is 23.4 Å². The summed E-state index contributed by atoms with van der Waals surface area (Å²) < 4.78 is 82.5. The van der Waals surface area contributed by atoms with Gasteiger partial charge in [-0.3, -0.25) is 9.78 Å². The number of benzene rings is 1. The lowest BCUT2D eigenvalue weighted by atomic mass is 10.1. The molecule has 1 aliphatic rings. The third-order valence-corrected chi connectivity index (χ3v) is 5.16. The summed E-state index contributed by atoms with van der Waals surface area (Å²) in [7, 11) is 0. The summed E-state index contributed by atoms with van der Waals surface area (Å²) in [5, 5.41) is 2.00. The van der Waals surface area contributed by atoms with Crippen LogP contribution in [-0.2, 0) is 15.7 Å². The van der Waals surface area contributed by atoms with Crippen LogP contribution in [0.2, 0.25) is 5.02 Å². The van der Waals surface area contributed by atoms with E-state index in [2.05, 4.69) is 15.0 Å². The molecule has 0 saturated carbocycles. The SMILES string of the molecule is O=C(Nc1ccccc1-c1ncc(C(F)(F)F)cc1Cl)C1=C(C(F)(F)F)OCCS1. The molecular weight excluding hydrogens is 458 g/mol. The smallest absolute Gasteiger partial charge is 0.450 e. The van der Waals surface area contributed by atoms with Gasteiger partial charge in [0.05, 0.1) is 28.6 Å². The topological polar surface area (TPSA) is 51.2 Å². The number of aromatic nitrogens is 1. The molecule has 1 amide bonds. The van der Waals surface area contributed by atoms with Crippen LogP contribution in [0.15, 0.2) is 47.2 Å². The molecule has 0 atom stereocenters. The van der Waals surface area contributed by atoms with Crippen molar-refractivity contribution in [2.45, 2.75) is 12.4 Å². The van der Waals surface area contributed by atoms with E-state index in [1.807, 2.05) is 0 Å². The Labute approximate surface area is 175 Å². The number of para-hydroxylation sites is 1. The van der Waals surface area contributed by atoms with Crippen molar-refractivity contribution in [1.29, 1.82) is 0 Å². The van der Waals surface area contributed by atoms with Gasteiger partial charge in [0.1, 0.15) is 4.91 Å². The molecule has 0 saturated heterocycles. The lowest BCUT2D eigenvalue weighted by molar-refractivity contribution is -0.137. The second-order valence-electron chi connectivity index (χ2n) is 5.90. The number of hydrogen-bond acceptors (Lipinski definition) is 4. The van der Waals surface area contributed by atoms with Gasteiger partial charge >= 0.3 is 12.4 Å². The number of rotatable bonds is 3. The second-order valence-corrected chi connectivity index (χ2v) is 7.42. The van der Waals surface area contributed by atoms with Crippen molar-refractivity contribution in [2.75, 3.05) is 17.7 Å². The van der Waals surface area contributed by atoms with Gasteiger partial charge in [0.25, 0.3) is 5.91 Å². The second kappa shape index (κ2) is 8.38. The third-order valence-electron chi connectivity index (χ3n) is 3.84. The fourth-order valence-electron chi connectivity index (χ4n) is 2.57. The molecule has 0 spiro atoms. The van der Waals surface area contributed by atoms with Crippen LogP contribution < -0.4 is 5.32 Å². The van der Waals surface area contributed by atoms with Gasteiger partial charge < -0.3 is 10.1 Å². The zero-order chi connectivity index (χ0) is 22.1. The minimum Gasteiger partial charge on any atom is -0.487 e. The highest BCUT2D eigenvalue weighted by Crippen LogP contribution is 2.39. The number of halogens is 7. The Morgan fingerprint density at radius 2 is 1.83 bits per heavy atom. The predicted molar refractivity (Wildman–Crippen MR) is 99.8 cm³/mol. The first-order chi connectivity index (χ1) is 14.0. The molecule has 2 heterocycles. The summed E-state index contributed by atoms with van der Waals surface area (Å²) in [6.07, 6.45) is -8.92. The maximum Gasteiger partial charge on any atom is 0.450 e. The van der Waals surface area contributed by atoms with Gasteiger partial charge in [0, 0.05) is 17.5 Å². The highest BCUT2D eigenvalue weighted by molar-refractivity contribution is 8.04. The van der Waals surface area contributed by atoms with E-state index in [0.717, 1.165) is 0 Å². The number of carbonyl (C=O) groups excluding carboxylic acids is 1. The van der Waals surface area contributed by atoms with Crippen LogP contribution in [-0.4, -0.2) is 29.4 Å². The predicted octanol–water partition coefficient (Wildman–Crippen LogP) is 5.90. The number of amides is 1. The fraction of sp³-hybridized carbons (Fsp3) is 0.222. The average molecular weight is 469 g/mol.